The smallest absolute Gasteiger partial charge is 0.143 e. The zero-order valence-corrected chi connectivity index (χ0v) is 36.7. The molecule has 0 aliphatic heterocycles. The van der Waals surface area contributed by atoms with Crippen LogP contribution in [0.3, 0.4) is 0 Å². The van der Waals surface area contributed by atoms with E-state index in [-0.39, 0.29) is 5.41 Å². The minimum absolute atomic E-state index is 0.243. The van der Waals surface area contributed by atoms with Crippen LogP contribution in [0, 0.1) is 0 Å². The molecule has 0 unspecified atom stereocenters. The molecule has 0 saturated carbocycles. The summed E-state index contributed by atoms with van der Waals surface area (Å²) in [7, 11) is 0. The standard InChI is InChI=1S/C63H44N2O/c1-63(2)55-23-14-25-59(61(55)53-37-31-45(40-56(53)63)49-21-13-22-52-51-20-10-12-26-60(51)66-62(49)52)64(47-33-27-42(28-34-47)41-15-5-3-6-16-41)48-35-29-43(30-36-48)44-32-38-58-54(39-44)50-19-9-11-24-57(50)65(58)46-17-7-4-8-18-46/h3-40H,1-2H3. The van der Waals surface area contributed by atoms with E-state index in [4.69, 9.17) is 4.42 Å². The first-order valence-electron chi connectivity index (χ1n) is 22.8. The van der Waals surface area contributed by atoms with Crippen molar-refractivity contribution in [1.29, 1.82) is 0 Å². The number of hydrogen-bond donors (Lipinski definition) is 0. The summed E-state index contributed by atoms with van der Waals surface area (Å²) >= 11 is 0. The highest BCUT2D eigenvalue weighted by Gasteiger charge is 2.38. The largest absolute Gasteiger partial charge is 0.455 e. The quantitative estimate of drug-likeness (QED) is 0.159. The van der Waals surface area contributed by atoms with Gasteiger partial charge in [0, 0.05) is 55.1 Å². The summed E-state index contributed by atoms with van der Waals surface area (Å²) in [4.78, 5) is 2.45. The molecule has 0 spiro atoms. The van der Waals surface area contributed by atoms with Crippen molar-refractivity contribution >= 4 is 60.8 Å². The lowest BCUT2D eigenvalue weighted by atomic mass is 9.81. The lowest BCUT2D eigenvalue weighted by Gasteiger charge is -2.29. The van der Waals surface area contributed by atoms with Gasteiger partial charge in [-0.15, -0.1) is 0 Å². The molecule has 10 aromatic carbocycles. The molecule has 12 aromatic rings. The molecular formula is C63H44N2O. The van der Waals surface area contributed by atoms with Crippen molar-refractivity contribution in [2.75, 3.05) is 4.90 Å². The van der Waals surface area contributed by atoms with Crippen LogP contribution in [0.4, 0.5) is 17.1 Å². The SMILES string of the molecule is CC1(C)c2cc(-c3cccc4c3oc3ccccc34)ccc2-c2c(N(c3ccc(-c4ccccc4)cc3)c3ccc(-c4ccc5c(c4)c4ccccc4n5-c4ccccc4)cc3)cccc21. The van der Waals surface area contributed by atoms with Gasteiger partial charge in [0.1, 0.15) is 11.2 Å². The Morgan fingerprint density at radius 1 is 0.394 bits per heavy atom. The van der Waals surface area contributed by atoms with E-state index in [9.17, 15) is 0 Å². The van der Waals surface area contributed by atoms with Crippen LogP contribution in [0.5, 0.6) is 0 Å². The average Bonchev–Trinajstić information content (AvgIpc) is 4.00. The van der Waals surface area contributed by atoms with Crippen molar-refractivity contribution in [2.45, 2.75) is 19.3 Å². The summed E-state index contributed by atoms with van der Waals surface area (Å²) in [5, 5.41) is 4.78. The zero-order valence-electron chi connectivity index (χ0n) is 36.7. The summed E-state index contributed by atoms with van der Waals surface area (Å²) in [5.74, 6) is 0. The molecule has 0 fully saturated rings. The topological polar surface area (TPSA) is 21.3 Å². The van der Waals surface area contributed by atoms with Crippen LogP contribution in [0.1, 0.15) is 25.0 Å². The molecule has 66 heavy (non-hydrogen) atoms. The first-order chi connectivity index (χ1) is 32.5. The number of furan rings is 1. The Morgan fingerprint density at radius 2 is 0.985 bits per heavy atom. The van der Waals surface area contributed by atoms with E-state index in [1.165, 1.54) is 66.3 Å². The van der Waals surface area contributed by atoms with Crippen molar-refractivity contribution in [3.8, 4) is 50.2 Å². The van der Waals surface area contributed by atoms with Gasteiger partial charge in [-0.3, -0.25) is 0 Å². The summed E-state index contributed by atoms with van der Waals surface area (Å²) in [6.45, 7) is 4.74. The van der Waals surface area contributed by atoms with E-state index in [0.717, 1.165) is 55.8 Å². The Hall–Kier alpha value is -8.40. The van der Waals surface area contributed by atoms with Gasteiger partial charge in [-0.2, -0.15) is 0 Å². The molecule has 0 bridgehead atoms. The highest BCUT2D eigenvalue weighted by atomic mass is 16.3. The number of benzene rings is 10. The minimum Gasteiger partial charge on any atom is -0.455 e. The van der Waals surface area contributed by atoms with Gasteiger partial charge in [0.2, 0.25) is 0 Å². The van der Waals surface area contributed by atoms with Crippen molar-refractivity contribution < 1.29 is 4.42 Å². The Morgan fingerprint density at radius 3 is 1.76 bits per heavy atom. The number of hydrogen-bond acceptors (Lipinski definition) is 2. The molecule has 1 aliphatic carbocycles. The average molecular weight is 845 g/mol. The third kappa shape index (κ3) is 5.90. The summed E-state index contributed by atoms with van der Waals surface area (Å²) < 4.78 is 8.91. The van der Waals surface area contributed by atoms with E-state index in [1.54, 1.807) is 0 Å². The van der Waals surface area contributed by atoms with Gasteiger partial charge in [0.05, 0.1) is 16.7 Å². The van der Waals surface area contributed by atoms with Gasteiger partial charge in [-0.25, -0.2) is 0 Å². The van der Waals surface area contributed by atoms with Crippen molar-refractivity contribution in [2.24, 2.45) is 0 Å². The second-order valence-corrected chi connectivity index (χ2v) is 18.1. The number of fused-ring (bicyclic) bond motifs is 9. The van der Waals surface area contributed by atoms with Gasteiger partial charge in [0.15, 0.2) is 0 Å². The second kappa shape index (κ2) is 14.8. The van der Waals surface area contributed by atoms with Crippen molar-refractivity contribution in [3.63, 3.8) is 0 Å². The van der Waals surface area contributed by atoms with E-state index in [1.807, 2.05) is 6.07 Å². The maximum atomic E-state index is 6.54. The van der Waals surface area contributed by atoms with Gasteiger partial charge >= 0.3 is 0 Å². The fourth-order valence-electron chi connectivity index (χ4n) is 10.8. The van der Waals surface area contributed by atoms with Crippen molar-refractivity contribution in [3.05, 3.63) is 242 Å². The van der Waals surface area contributed by atoms with E-state index in [2.05, 4.69) is 248 Å². The van der Waals surface area contributed by atoms with Crippen molar-refractivity contribution in [1.82, 2.24) is 4.57 Å². The third-order valence-electron chi connectivity index (χ3n) is 14.0. The summed E-state index contributed by atoms with van der Waals surface area (Å²) in [6, 6.07) is 83.8. The van der Waals surface area contributed by atoms with Gasteiger partial charge in [-0.05, 0) is 117 Å². The van der Waals surface area contributed by atoms with E-state index >= 15 is 0 Å². The highest BCUT2D eigenvalue weighted by molar-refractivity contribution is 6.11. The van der Waals surface area contributed by atoms with E-state index < -0.39 is 0 Å². The lowest BCUT2D eigenvalue weighted by molar-refractivity contribution is 0.660. The van der Waals surface area contributed by atoms with Gasteiger partial charge < -0.3 is 13.9 Å². The monoisotopic (exact) mass is 844 g/mol. The van der Waals surface area contributed by atoms with Crippen LogP contribution in [-0.4, -0.2) is 4.57 Å². The van der Waals surface area contributed by atoms with E-state index in [0.29, 0.717) is 0 Å². The fraction of sp³-hybridized carbons (Fsp3) is 0.0476. The number of anilines is 3. The maximum Gasteiger partial charge on any atom is 0.143 e. The third-order valence-corrected chi connectivity index (χ3v) is 14.0. The molecule has 0 radical (unpaired) electrons. The summed E-state index contributed by atoms with van der Waals surface area (Å²) in [6.07, 6.45) is 0. The molecule has 13 rings (SSSR count). The number of aromatic nitrogens is 1. The highest BCUT2D eigenvalue weighted by Crippen LogP contribution is 2.55. The number of para-hydroxylation sites is 4. The first-order valence-corrected chi connectivity index (χ1v) is 22.8. The molecule has 312 valence electrons. The Labute approximate surface area is 384 Å². The van der Waals surface area contributed by atoms with Gasteiger partial charge in [-0.1, -0.05) is 172 Å². The Bertz CT molecular complexity index is 3820. The molecule has 3 nitrogen and oxygen atoms in total. The minimum atomic E-state index is -0.243. The Kier molecular flexibility index (Phi) is 8.56. The molecular weight excluding hydrogens is 801 g/mol. The fourth-order valence-corrected chi connectivity index (χ4v) is 10.8. The van der Waals surface area contributed by atoms with Crippen LogP contribution in [-0.2, 0) is 5.41 Å². The van der Waals surface area contributed by atoms with Crippen LogP contribution in [0.25, 0.3) is 93.9 Å². The lowest BCUT2D eigenvalue weighted by Crippen LogP contribution is -2.16. The molecule has 2 aromatic heterocycles. The number of nitrogens with zero attached hydrogens (tertiary/aromatic N) is 2. The summed E-state index contributed by atoms with van der Waals surface area (Å²) in [5.41, 5.74) is 20.7. The predicted molar refractivity (Wildman–Crippen MR) is 277 cm³/mol. The molecule has 1 aliphatic rings. The zero-order chi connectivity index (χ0) is 43.9. The molecule has 0 amide bonds. The van der Waals surface area contributed by atoms with Gasteiger partial charge in [0.25, 0.3) is 0 Å². The second-order valence-electron chi connectivity index (χ2n) is 18.1. The first kappa shape index (κ1) is 38.1. The molecule has 0 atom stereocenters. The van der Waals surface area contributed by atoms with Crippen LogP contribution >= 0.6 is 0 Å². The number of rotatable bonds is 7. The molecule has 3 heteroatoms. The predicted octanol–water partition coefficient (Wildman–Crippen LogP) is 17.5. The molecule has 2 heterocycles. The molecule has 0 N–H and O–H groups in total. The van der Waals surface area contributed by atoms with Crippen LogP contribution in [0.15, 0.2) is 235 Å². The molecule has 0 saturated heterocycles. The normalized spacial score (nSPS) is 12.8. The van der Waals surface area contributed by atoms with Crippen LogP contribution < -0.4 is 4.90 Å². The Balaban J connectivity index is 0.938. The maximum absolute atomic E-state index is 6.54. The van der Waals surface area contributed by atoms with Crippen LogP contribution in [0.2, 0.25) is 0 Å².